The molecular weight excluding hydrogens is 288 g/mol. The van der Waals surface area contributed by atoms with Gasteiger partial charge in [0.1, 0.15) is 0 Å². The first kappa shape index (κ1) is 16.0. The Bertz CT molecular complexity index is 575. The Kier molecular flexibility index (Phi) is 5.36. The van der Waals surface area contributed by atoms with E-state index in [4.69, 9.17) is 0 Å². The molecule has 0 saturated carbocycles. The van der Waals surface area contributed by atoms with Crippen LogP contribution in [-0.4, -0.2) is 38.3 Å². The first-order chi connectivity index (χ1) is 10.0. The number of hydrogen-bond donors (Lipinski definition) is 1. The lowest BCUT2D eigenvalue weighted by atomic mass is 10.1. The van der Waals surface area contributed by atoms with Gasteiger partial charge in [-0.15, -0.1) is 0 Å². The van der Waals surface area contributed by atoms with Crippen LogP contribution in [0.2, 0.25) is 0 Å². The van der Waals surface area contributed by atoms with Gasteiger partial charge in [0, 0.05) is 26.1 Å². The molecule has 0 aromatic heterocycles. The van der Waals surface area contributed by atoms with Crippen LogP contribution in [-0.2, 0) is 21.2 Å². The standard InChI is InChI=1S/C15H22N2O3S/c1-2-16-15(18)10-7-13-5-8-14(9-6-13)21(19,20)17-11-3-4-12-17/h5-6,8-9H,2-4,7,10-12H2,1H3,(H,16,18). The fraction of sp³-hybridized carbons (Fsp3) is 0.533. The van der Waals surface area contributed by atoms with E-state index in [1.807, 2.05) is 6.92 Å². The van der Waals surface area contributed by atoms with Crippen LogP contribution < -0.4 is 5.32 Å². The van der Waals surface area contributed by atoms with Crippen molar-refractivity contribution in [3.8, 4) is 0 Å². The van der Waals surface area contributed by atoms with E-state index < -0.39 is 10.0 Å². The predicted octanol–water partition coefficient (Wildman–Crippen LogP) is 1.54. The molecule has 1 saturated heterocycles. The van der Waals surface area contributed by atoms with Gasteiger partial charge in [0.05, 0.1) is 4.90 Å². The van der Waals surface area contributed by atoms with E-state index in [-0.39, 0.29) is 5.91 Å². The Morgan fingerprint density at radius 3 is 2.38 bits per heavy atom. The van der Waals surface area contributed by atoms with E-state index in [1.54, 1.807) is 24.3 Å². The van der Waals surface area contributed by atoms with Gasteiger partial charge in [0.2, 0.25) is 15.9 Å². The number of hydrogen-bond acceptors (Lipinski definition) is 3. The van der Waals surface area contributed by atoms with Crippen LogP contribution in [0.4, 0.5) is 0 Å². The molecule has 0 bridgehead atoms. The summed E-state index contributed by atoms with van der Waals surface area (Å²) in [7, 11) is -3.34. The molecule has 0 aliphatic carbocycles. The van der Waals surface area contributed by atoms with Crippen molar-refractivity contribution in [2.24, 2.45) is 0 Å². The molecule has 1 N–H and O–H groups in total. The maximum atomic E-state index is 12.4. The first-order valence-electron chi connectivity index (χ1n) is 7.40. The van der Waals surface area contributed by atoms with E-state index in [1.165, 1.54) is 4.31 Å². The smallest absolute Gasteiger partial charge is 0.243 e. The Morgan fingerprint density at radius 2 is 1.81 bits per heavy atom. The third-order valence-electron chi connectivity index (χ3n) is 3.64. The van der Waals surface area contributed by atoms with Crippen molar-refractivity contribution >= 4 is 15.9 Å². The fourth-order valence-electron chi connectivity index (χ4n) is 2.45. The van der Waals surface area contributed by atoms with Gasteiger partial charge >= 0.3 is 0 Å². The van der Waals surface area contributed by atoms with Gasteiger partial charge < -0.3 is 5.32 Å². The highest BCUT2D eigenvalue weighted by Crippen LogP contribution is 2.21. The highest BCUT2D eigenvalue weighted by molar-refractivity contribution is 7.89. The topological polar surface area (TPSA) is 66.5 Å². The van der Waals surface area contributed by atoms with Gasteiger partial charge in [-0.2, -0.15) is 4.31 Å². The number of aryl methyl sites for hydroxylation is 1. The average Bonchev–Trinajstić information content (AvgIpc) is 3.01. The lowest BCUT2D eigenvalue weighted by Gasteiger charge is -2.15. The van der Waals surface area contributed by atoms with Gasteiger partial charge in [-0.25, -0.2) is 8.42 Å². The molecule has 1 aromatic rings. The Hall–Kier alpha value is -1.40. The highest BCUT2D eigenvalue weighted by atomic mass is 32.2. The van der Waals surface area contributed by atoms with E-state index in [2.05, 4.69) is 5.32 Å². The van der Waals surface area contributed by atoms with Crippen LogP contribution in [0.5, 0.6) is 0 Å². The molecule has 0 unspecified atom stereocenters. The summed E-state index contributed by atoms with van der Waals surface area (Å²) in [5.74, 6) is 0.0197. The highest BCUT2D eigenvalue weighted by Gasteiger charge is 2.26. The molecule has 6 heteroatoms. The van der Waals surface area contributed by atoms with Crippen LogP contribution in [0.1, 0.15) is 31.7 Å². The zero-order valence-electron chi connectivity index (χ0n) is 12.3. The molecule has 1 aliphatic heterocycles. The van der Waals surface area contributed by atoms with E-state index in [0.717, 1.165) is 18.4 Å². The van der Waals surface area contributed by atoms with Crippen molar-refractivity contribution in [2.75, 3.05) is 19.6 Å². The normalized spacial score (nSPS) is 16.0. The van der Waals surface area contributed by atoms with Crippen LogP contribution in [0, 0.1) is 0 Å². The SMILES string of the molecule is CCNC(=O)CCc1ccc(S(=O)(=O)N2CCCC2)cc1. The van der Waals surface area contributed by atoms with Crippen LogP contribution >= 0.6 is 0 Å². The van der Waals surface area contributed by atoms with Gasteiger partial charge in [0.25, 0.3) is 0 Å². The molecular formula is C15H22N2O3S. The number of rotatable bonds is 6. The van der Waals surface area contributed by atoms with Crippen LogP contribution in [0.3, 0.4) is 0 Å². The quantitative estimate of drug-likeness (QED) is 0.866. The summed E-state index contributed by atoms with van der Waals surface area (Å²) in [5.41, 5.74) is 0.974. The summed E-state index contributed by atoms with van der Waals surface area (Å²) < 4.78 is 26.3. The molecule has 5 nitrogen and oxygen atoms in total. The molecule has 1 amide bonds. The van der Waals surface area contributed by atoms with Crippen molar-refractivity contribution in [3.63, 3.8) is 0 Å². The average molecular weight is 310 g/mol. The molecule has 0 atom stereocenters. The van der Waals surface area contributed by atoms with Crippen molar-refractivity contribution in [3.05, 3.63) is 29.8 Å². The lowest BCUT2D eigenvalue weighted by molar-refractivity contribution is -0.120. The van der Waals surface area contributed by atoms with Crippen molar-refractivity contribution < 1.29 is 13.2 Å². The number of carbonyl (C=O) groups is 1. The zero-order chi connectivity index (χ0) is 15.3. The maximum absolute atomic E-state index is 12.4. The molecule has 1 fully saturated rings. The van der Waals surface area contributed by atoms with Crippen LogP contribution in [0.25, 0.3) is 0 Å². The molecule has 0 radical (unpaired) electrons. The predicted molar refractivity (Wildman–Crippen MR) is 81.4 cm³/mol. The summed E-state index contributed by atoms with van der Waals surface area (Å²) >= 11 is 0. The minimum atomic E-state index is -3.34. The third-order valence-corrected chi connectivity index (χ3v) is 5.55. The number of benzene rings is 1. The molecule has 1 aromatic carbocycles. The molecule has 116 valence electrons. The third kappa shape index (κ3) is 4.04. The van der Waals surface area contributed by atoms with E-state index in [0.29, 0.717) is 37.4 Å². The second-order valence-corrected chi connectivity index (χ2v) is 7.15. The van der Waals surface area contributed by atoms with E-state index >= 15 is 0 Å². The molecule has 1 heterocycles. The number of nitrogens with zero attached hydrogens (tertiary/aromatic N) is 1. The summed E-state index contributed by atoms with van der Waals surface area (Å²) in [4.78, 5) is 11.7. The maximum Gasteiger partial charge on any atom is 0.243 e. The minimum Gasteiger partial charge on any atom is -0.356 e. The summed E-state index contributed by atoms with van der Waals surface area (Å²) in [5, 5.41) is 2.75. The zero-order valence-corrected chi connectivity index (χ0v) is 13.2. The number of nitrogens with one attached hydrogen (secondary N) is 1. The van der Waals surface area contributed by atoms with Gasteiger partial charge in [-0.05, 0) is 43.9 Å². The van der Waals surface area contributed by atoms with Gasteiger partial charge in [-0.1, -0.05) is 12.1 Å². The van der Waals surface area contributed by atoms with Gasteiger partial charge in [0.15, 0.2) is 0 Å². The Balaban J connectivity index is 2.00. The molecule has 1 aliphatic rings. The second kappa shape index (κ2) is 7.04. The van der Waals surface area contributed by atoms with E-state index in [9.17, 15) is 13.2 Å². The lowest BCUT2D eigenvalue weighted by Crippen LogP contribution is -2.27. The molecule has 2 rings (SSSR count). The summed E-state index contributed by atoms with van der Waals surface area (Å²) in [6.45, 7) is 3.74. The Morgan fingerprint density at radius 1 is 1.19 bits per heavy atom. The summed E-state index contributed by atoms with van der Waals surface area (Å²) in [6.07, 6.45) is 2.91. The minimum absolute atomic E-state index is 0.0197. The molecule has 0 spiro atoms. The Labute approximate surface area is 126 Å². The summed E-state index contributed by atoms with van der Waals surface area (Å²) in [6, 6.07) is 6.87. The van der Waals surface area contributed by atoms with Crippen molar-refractivity contribution in [1.29, 1.82) is 0 Å². The monoisotopic (exact) mass is 310 g/mol. The van der Waals surface area contributed by atoms with Crippen LogP contribution in [0.15, 0.2) is 29.2 Å². The number of amides is 1. The first-order valence-corrected chi connectivity index (χ1v) is 8.84. The largest absolute Gasteiger partial charge is 0.356 e. The second-order valence-electron chi connectivity index (χ2n) is 5.21. The number of carbonyl (C=O) groups excluding carboxylic acids is 1. The fourth-order valence-corrected chi connectivity index (χ4v) is 3.97. The number of sulfonamides is 1. The van der Waals surface area contributed by atoms with Crippen molar-refractivity contribution in [2.45, 2.75) is 37.5 Å². The van der Waals surface area contributed by atoms with Crippen molar-refractivity contribution in [1.82, 2.24) is 9.62 Å². The van der Waals surface area contributed by atoms with Gasteiger partial charge in [-0.3, -0.25) is 4.79 Å². The molecule has 21 heavy (non-hydrogen) atoms.